The molecule has 0 aromatic rings. The van der Waals surface area contributed by atoms with Crippen molar-refractivity contribution in [2.24, 2.45) is 11.5 Å². The Kier molecular flexibility index (Phi) is 11.6. The molecule has 0 radical (unpaired) electrons. The Hall–Kier alpha value is -2.87. The minimum absolute atomic E-state index is 0.0868. The first-order chi connectivity index (χ1) is 15.5. The van der Waals surface area contributed by atoms with E-state index in [2.05, 4.69) is 10.6 Å². The maximum Gasteiger partial charge on any atom is 0.326 e. The molecule has 1 aliphatic heterocycles. The minimum Gasteiger partial charge on any atom is -0.481 e. The quantitative estimate of drug-likeness (QED) is 0.155. The number of hydrogen-bond acceptors (Lipinski definition) is 8. The van der Waals surface area contributed by atoms with Crippen LogP contribution >= 0.6 is 11.8 Å². The standard InChI is InChI=1S/C19H31N5O8S/c1-33-8-6-11(19(31)32)22-17(29)13-3-2-7-24(13)18(30)12(9-15(26)27)23-16(28)10(20)4-5-14(21)25/h10-13H,2-9,20H2,1H3,(H2,21,25)(H,22,29)(H,23,28)(H,26,27)(H,31,32). The van der Waals surface area contributed by atoms with Crippen LogP contribution in [0.2, 0.25) is 0 Å². The number of aliphatic carboxylic acids is 2. The van der Waals surface area contributed by atoms with Gasteiger partial charge in [0.1, 0.15) is 18.1 Å². The molecule has 1 heterocycles. The molecule has 8 N–H and O–H groups in total. The highest BCUT2D eigenvalue weighted by molar-refractivity contribution is 7.98. The molecule has 0 aromatic heterocycles. The average molecular weight is 490 g/mol. The van der Waals surface area contributed by atoms with Crippen molar-refractivity contribution < 1.29 is 39.0 Å². The summed E-state index contributed by atoms with van der Waals surface area (Å²) in [5.74, 6) is -5.00. The number of carbonyl (C=O) groups is 6. The lowest BCUT2D eigenvalue weighted by Crippen LogP contribution is -2.57. The summed E-state index contributed by atoms with van der Waals surface area (Å²) < 4.78 is 0. The molecule has 186 valence electrons. The second kappa shape index (κ2) is 13.6. The van der Waals surface area contributed by atoms with E-state index in [4.69, 9.17) is 11.5 Å². The second-order valence-electron chi connectivity index (χ2n) is 7.64. The number of nitrogens with zero attached hydrogens (tertiary/aromatic N) is 1. The summed E-state index contributed by atoms with van der Waals surface area (Å²) in [4.78, 5) is 72.8. The molecule has 1 aliphatic rings. The first-order valence-corrected chi connectivity index (χ1v) is 11.8. The summed E-state index contributed by atoms with van der Waals surface area (Å²) in [6, 6.07) is -4.80. The van der Waals surface area contributed by atoms with Crippen molar-refractivity contribution in [1.29, 1.82) is 0 Å². The second-order valence-corrected chi connectivity index (χ2v) is 8.63. The largest absolute Gasteiger partial charge is 0.481 e. The van der Waals surface area contributed by atoms with Gasteiger partial charge in [0.25, 0.3) is 0 Å². The zero-order chi connectivity index (χ0) is 25.1. The van der Waals surface area contributed by atoms with E-state index in [-0.39, 0.29) is 32.2 Å². The van der Waals surface area contributed by atoms with E-state index >= 15 is 0 Å². The molecule has 4 unspecified atom stereocenters. The molecule has 0 aromatic carbocycles. The van der Waals surface area contributed by atoms with Crippen molar-refractivity contribution in [3.63, 3.8) is 0 Å². The zero-order valence-corrected chi connectivity index (χ0v) is 19.1. The van der Waals surface area contributed by atoms with Gasteiger partial charge in [-0.25, -0.2) is 4.79 Å². The molecule has 4 amide bonds. The summed E-state index contributed by atoms with van der Waals surface area (Å²) >= 11 is 1.42. The van der Waals surface area contributed by atoms with Crippen LogP contribution in [0.15, 0.2) is 0 Å². The van der Waals surface area contributed by atoms with Crippen LogP contribution in [0, 0.1) is 0 Å². The lowest BCUT2D eigenvalue weighted by Gasteiger charge is -2.29. The molecule has 13 nitrogen and oxygen atoms in total. The Labute approximate surface area is 195 Å². The number of primary amides is 1. The molecular weight excluding hydrogens is 458 g/mol. The van der Waals surface area contributed by atoms with Gasteiger partial charge in [-0.2, -0.15) is 11.8 Å². The van der Waals surface area contributed by atoms with Gasteiger partial charge in [-0.1, -0.05) is 0 Å². The highest BCUT2D eigenvalue weighted by Crippen LogP contribution is 2.20. The maximum atomic E-state index is 13.0. The van der Waals surface area contributed by atoms with Crippen LogP contribution in [0.1, 0.15) is 38.5 Å². The third-order valence-corrected chi connectivity index (χ3v) is 5.74. The predicted octanol–water partition coefficient (Wildman–Crippen LogP) is -2.15. The van der Waals surface area contributed by atoms with Crippen LogP contribution < -0.4 is 22.1 Å². The minimum atomic E-state index is -1.49. The lowest BCUT2D eigenvalue weighted by atomic mass is 10.1. The Balaban J connectivity index is 2.91. The summed E-state index contributed by atoms with van der Waals surface area (Å²) in [5.41, 5.74) is 10.7. The summed E-state index contributed by atoms with van der Waals surface area (Å²) in [6.07, 6.45) is 1.71. The van der Waals surface area contributed by atoms with Crippen molar-refractivity contribution in [3.05, 3.63) is 0 Å². The molecular formula is C19H31N5O8S. The predicted molar refractivity (Wildman–Crippen MR) is 118 cm³/mol. The van der Waals surface area contributed by atoms with Crippen LogP contribution in [0.4, 0.5) is 0 Å². The summed E-state index contributed by atoms with van der Waals surface area (Å²) in [5, 5.41) is 23.2. The molecule has 14 heteroatoms. The SMILES string of the molecule is CSCCC(NC(=O)C1CCCN1C(=O)C(CC(=O)O)NC(=O)C(N)CCC(N)=O)C(=O)O. The number of carboxylic acid groups (broad SMARTS) is 2. The van der Waals surface area contributed by atoms with Gasteiger partial charge in [-0.05, 0) is 37.7 Å². The summed E-state index contributed by atoms with van der Waals surface area (Å²) in [6.45, 7) is 0.138. The van der Waals surface area contributed by atoms with E-state index in [0.29, 0.717) is 12.2 Å². The number of rotatable bonds is 14. The van der Waals surface area contributed by atoms with Gasteiger partial charge in [0.2, 0.25) is 23.6 Å². The fourth-order valence-corrected chi connectivity index (χ4v) is 3.82. The number of likely N-dealkylation sites (tertiary alicyclic amines) is 1. The van der Waals surface area contributed by atoms with E-state index in [1.165, 1.54) is 11.8 Å². The van der Waals surface area contributed by atoms with Crippen molar-refractivity contribution in [2.75, 3.05) is 18.6 Å². The number of hydrogen-bond donors (Lipinski definition) is 6. The smallest absolute Gasteiger partial charge is 0.326 e. The van der Waals surface area contributed by atoms with Crippen LogP contribution in [-0.2, 0) is 28.8 Å². The van der Waals surface area contributed by atoms with E-state index in [0.717, 1.165) is 4.90 Å². The van der Waals surface area contributed by atoms with Gasteiger partial charge in [0.15, 0.2) is 0 Å². The van der Waals surface area contributed by atoms with Crippen LogP contribution in [0.3, 0.4) is 0 Å². The lowest BCUT2D eigenvalue weighted by molar-refractivity contribution is -0.147. The molecule has 4 atom stereocenters. The Morgan fingerprint density at radius 2 is 1.76 bits per heavy atom. The highest BCUT2D eigenvalue weighted by atomic mass is 32.2. The maximum absolute atomic E-state index is 13.0. The first-order valence-electron chi connectivity index (χ1n) is 10.4. The monoisotopic (exact) mass is 489 g/mol. The fraction of sp³-hybridized carbons (Fsp3) is 0.684. The van der Waals surface area contributed by atoms with Crippen molar-refractivity contribution in [1.82, 2.24) is 15.5 Å². The number of amides is 4. The normalized spacial score (nSPS) is 18.1. The Bertz CT molecular complexity index is 764. The third kappa shape index (κ3) is 9.26. The number of nitrogens with one attached hydrogen (secondary N) is 2. The van der Waals surface area contributed by atoms with Crippen molar-refractivity contribution in [2.45, 2.75) is 62.7 Å². The topological polar surface area (TPSA) is 222 Å². The van der Waals surface area contributed by atoms with Crippen LogP contribution in [-0.4, -0.2) is 93.4 Å². The van der Waals surface area contributed by atoms with E-state index < -0.39 is 66.2 Å². The average Bonchev–Trinajstić information content (AvgIpc) is 3.23. The summed E-state index contributed by atoms with van der Waals surface area (Å²) in [7, 11) is 0. The molecule has 33 heavy (non-hydrogen) atoms. The Morgan fingerprint density at radius 3 is 2.30 bits per heavy atom. The van der Waals surface area contributed by atoms with Gasteiger partial charge in [0, 0.05) is 13.0 Å². The van der Waals surface area contributed by atoms with Gasteiger partial charge in [-0.15, -0.1) is 0 Å². The molecule has 1 saturated heterocycles. The molecule has 1 fully saturated rings. The van der Waals surface area contributed by atoms with E-state index in [1.807, 2.05) is 0 Å². The fourth-order valence-electron chi connectivity index (χ4n) is 3.35. The molecule has 0 aliphatic carbocycles. The third-order valence-electron chi connectivity index (χ3n) is 5.10. The number of carbonyl (C=O) groups excluding carboxylic acids is 4. The number of carboxylic acids is 2. The van der Waals surface area contributed by atoms with Gasteiger partial charge in [-0.3, -0.25) is 24.0 Å². The van der Waals surface area contributed by atoms with Crippen LogP contribution in [0.5, 0.6) is 0 Å². The Morgan fingerprint density at radius 1 is 1.09 bits per heavy atom. The molecule has 1 rings (SSSR count). The van der Waals surface area contributed by atoms with Gasteiger partial charge >= 0.3 is 11.9 Å². The van der Waals surface area contributed by atoms with E-state index in [9.17, 15) is 39.0 Å². The van der Waals surface area contributed by atoms with Crippen molar-refractivity contribution in [3.8, 4) is 0 Å². The van der Waals surface area contributed by atoms with Gasteiger partial charge < -0.3 is 37.2 Å². The van der Waals surface area contributed by atoms with E-state index in [1.54, 1.807) is 6.26 Å². The van der Waals surface area contributed by atoms with Crippen LogP contribution in [0.25, 0.3) is 0 Å². The molecule has 0 spiro atoms. The number of nitrogens with two attached hydrogens (primary N) is 2. The van der Waals surface area contributed by atoms with Crippen molar-refractivity contribution >= 4 is 47.3 Å². The number of thioether (sulfide) groups is 1. The zero-order valence-electron chi connectivity index (χ0n) is 18.3. The van der Waals surface area contributed by atoms with Gasteiger partial charge in [0.05, 0.1) is 12.5 Å². The molecule has 0 saturated carbocycles. The first kappa shape index (κ1) is 28.2. The highest BCUT2D eigenvalue weighted by Gasteiger charge is 2.39. The molecule has 0 bridgehead atoms.